The highest BCUT2D eigenvalue weighted by Gasteiger charge is 2.24. The van der Waals surface area contributed by atoms with Crippen LogP contribution >= 0.6 is 0 Å². The van der Waals surface area contributed by atoms with Crippen LogP contribution in [0.2, 0.25) is 0 Å². The number of amides is 3. The van der Waals surface area contributed by atoms with Gasteiger partial charge in [-0.25, -0.2) is 9.59 Å². The van der Waals surface area contributed by atoms with Gasteiger partial charge < -0.3 is 14.2 Å². The molecular weight excluding hydrogens is 436 g/mol. The summed E-state index contributed by atoms with van der Waals surface area (Å²) in [5.41, 5.74) is 1.04. The lowest BCUT2D eigenvalue weighted by Crippen LogP contribution is -2.41. The Balaban J connectivity index is 2.06. The van der Waals surface area contributed by atoms with Crippen molar-refractivity contribution in [2.45, 2.75) is 38.5 Å². The molecule has 2 rings (SSSR count). The van der Waals surface area contributed by atoms with E-state index in [0.717, 1.165) is 18.4 Å². The third-order valence-electron chi connectivity index (χ3n) is 4.32. The van der Waals surface area contributed by atoms with Crippen LogP contribution in [0.25, 0.3) is 0 Å². The van der Waals surface area contributed by atoms with Crippen LogP contribution in [0, 0.1) is 13.8 Å². The molecule has 32 heavy (non-hydrogen) atoms. The van der Waals surface area contributed by atoms with Crippen molar-refractivity contribution in [3.05, 3.63) is 59.2 Å². The lowest BCUT2D eigenvalue weighted by Gasteiger charge is -2.13. The molecular formula is C22H26N2O7S. The van der Waals surface area contributed by atoms with E-state index in [-0.39, 0.29) is 16.2 Å². The summed E-state index contributed by atoms with van der Waals surface area (Å²) < 4.78 is 35.6. The van der Waals surface area contributed by atoms with E-state index in [1.807, 2.05) is 12.2 Å². The SMILES string of the molecule is CCCCNC(=O)NC(=O)COC(=O)c1ccccc1OS(=O)(=O)c1cc(C)ccc1C. The van der Waals surface area contributed by atoms with Gasteiger partial charge in [0.05, 0.1) is 0 Å². The second kappa shape index (κ2) is 11.3. The maximum absolute atomic E-state index is 12.8. The predicted molar refractivity (Wildman–Crippen MR) is 117 cm³/mol. The summed E-state index contributed by atoms with van der Waals surface area (Å²) >= 11 is 0. The van der Waals surface area contributed by atoms with E-state index in [4.69, 9.17) is 8.92 Å². The first-order valence-corrected chi connectivity index (χ1v) is 11.4. The van der Waals surface area contributed by atoms with Crippen LogP contribution in [0.15, 0.2) is 47.4 Å². The van der Waals surface area contributed by atoms with Crippen molar-refractivity contribution >= 4 is 28.0 Å². The van der Waals surface area contributed by atoms with Gasteiger partial charge in [-0.15, -0.1) is 0 Å². The van der Waals surface area contributed by atoms with Crippen LogP contribution in [0.5, 0.6) is 5.75 Å². The Morgan fingerprint density at radius 2 is 1.75 bits per heavy atom. The average Bonchev–Trinajstić information content (AvgIpc) is 2.74. The van der Waals surface area contributed by atoms with E-state index in [9.17, 15) is 22.8 Å². The molecule has 10 heteroatoms. The number of carbonyl (C=O) groups is 3. The molecule has 0 saturated carbocycles. The summed E-state index contributed by atoms with van der Waals surface area (Å²) in [5, 5.41) is 4.53. The van der Waals surface area contributed by atoms with Crippen LogP contribution in [0.3, 0.4) is 0 Å². The van der Waals surface area contributed by atoms with Crippen LogP contribution < -0.4 is 14.8 Å². The summed E-state index contributed by atoms with van der Waals surface area (Å²) in [6.07, 6.45) is 1.64. The molecule has 0 heterocycles. The molecule has 0 fully saturated rings. The van der Waals surface area contributed by atoms with Crippen molar-refractivity contribution in [2.75, 3.05) is 13.2 Å². The Hall–Kier alpha value is -3.40. The molecule has 9 nitrogen and oxygen atoms in total. The molecule has 3 amide bonds. The second-order valence-electron chi connectivity index (χ2n) is 7.04. The lowest BCUT2D eigenvalue weighted by molar-refractivity contribution is -0.123. The van der Waals surface area contributed by atoms with E-state index in [1.54, 1.807) is 26.0 Å². The third kappa shape index (κ3) is 7.09. The zero-order chi connectivity index (χ0) is 23.7. The number of hydrogen-bond acceptors (Lipinski definition) is 7. The summed E-state index contributed by atoms with van der Waals surface area (Å²) in [7, 11) is -4.22. The molecule has 0 atom stereocenters. The van der Waals surface area contributed by atoms with Gasteiger partial charge in [-0.1, -0.05) is 37.6 Å². The Morgan fingerprint density at radius 3 is 2.47 bits per heavy atom. The highest BCUT2D eigenvalue weighted by molar-refractivity contribution is 7.87. The van der Waals surface area contributed by atoms with E-state index in [2.05, 4.69) is 5.32 Å². The predicted octanol–water partition coefficient (Wildman–Crippen LogP) is 2.85. The highest BCUT2D eigenvalue weighted by Crippen LogP contribution is 2.25. The smallest absolute Gasteiger partial charge is 0.342 e. The number of unbranched alkanes of at least 4 members (excludes halogenated alkanes) is 1. The first-order valence-electron chi connectivity index (χ1n) is 9.99. The minimum absolute atomic E-state index is 0.0193. The van der Waals surface area contributed by atoms with Crippen molar-refractivity contribution in [3.63, 3.8) is 0 Å². The zero-order valence-electron chi connectivity index (χ0n) is 18.1. The van der Waals surface area contributed by atoms with Crippen molar-refractivity contribution in [2.24, 2.45) is 0 Å². The second-order valence-corrected chi connectivity index (χ2v) is 8.55. The maximum Gasteiger partial charge on any atom is 0.342 e. The Kier molecular flexibility index (Phi) is 8.77. The van der Waals surface area contributed by atoms with Gasteiger partial charge in [0.15, 0.2) is 12.4 Å². The number of para-hydroxylation sites is 1. The van der Waals surface area contributed by atoms with Gasteiger partial charge in [-0.2, -0.15) is 8.42 Å². The molecule has 0 aliphatic heterocycles. The number of carbonyl (C=O) groups excluding carboxylic acids is 3. The fourth-order valence-corrected chi connectivity index (χ4v) is 3.91. The fourth-order valence-electron chi connectivity index (χ4n) is 2.64. The number of nitrogens with one attached hydrogen (secondary N) is 2. The van der Waals surface area contributed by atoms with Crippen LogP contribution in [0.1, 0.15) is 41.3 Å². The van der Waals surface area contributed by atoms with Crippen molar-refractivity contribution in [3.8, 4) is 5.75 Å². The van der Waals surface area contributed by atoms with Gasteiger partial charge in [0, 0.05) is 6.54 Å². The zero-order valence-corrected chi connectivity index (χ0v) is 19.0. The molecule has 2 N–H and O–H groups in total. The molecule has 0 aliphatic carbocycles. The summed E-state index contributed by atoms with van der Waals surface area (Å²) in [5.74, 6) is -2.04. The summed E-state index contributed by atoms with van der Waals surface area (Å²) in [6.45, 7) is 5.03. The van der Waals surface area contributed by atoms with Gasteiger partial charge in [0.25, 0.3) is 5.91 Å². The van der Waals surface area contributed by atoms with Gasteiger partial charge >= 0.3 is 22.1 Å². The molecule has 0 spiro atoms. The number of aryl methyl sites for hydroxylation is 2. The minimum atomic E-state index is -4.22. The van der Waals surface area contributed by atoms with Crippen LogP contribution in [-0.2, 0) is 19.6 Å². The first-order chi connectivity index (χ1) is 15.1. The number of hydrogen-bond donors (Lipinski definition) is 2. The minimum Gasteiger partial charge on any atom is -0.452 e. The molecule has 0 bridgehead atoms. The standard InChI is InChI=1S/C22H26N2O7S/c1-4-5-12-23-22(27)24-20(25)14-30-21(26)17-8-6-7-9-18(17)31-32(28,29)19-13-15(2)10-11-16(19)3/h6-11,13H,4-5,12,14H2,1-3H3,(H2,23,24,25,27). The van der Waals surface area contributed by atoms with Crippen LogP contribution in [0.4, 0.5) is 4.79 Å². The normalized spacial score (nSPS) is 10.8. The van der Waals surface area contributed by atoms with E-state index < -0.39 is 34.6 Å². The summed E-state index contributed by atoms with van der Waals surface area (Å²) in [4.78, 5) is 35.8. The Bertz CT molecular complexity index is 1100. The number of esters is 1. The molecule has 2 aromatic rings. The summed E-state index contributed by atoms with van der Waals surface area (Å²) in [6, 6.07) is 9.82. The van der Waals surface area contributed by atoms with E-state index >= 15 is 0 Å². The topological polar surface area (TPSA) is 128 Å². The lowest BCUT2D eigenvalue weighted by atomic mass is 10.2. The van der Waals surface area contributed by atoms with Crippen LogP contribution in [-0.4, -0.2) is 39.5 Å². The number of rotatable bonds is 9. The van der Waals surface area contributed by atoms with E-state index in [1.165, 1.54) is 30.3 Å². The van der Waals surface area contributed by atoms with Gasteiger partial charge in [0.2, 0.25) is 0 Å². The Labute approximate surface area is 187 Å². The monoisotopic (exact) mass is 462 g/mol. The quantitative estimate of drug-likeness (QED) is 0.333. The number of benzene rings is 2. The molecule has 0 aromatic heterocycles. The van der Waals surface area contributed by atoms with Crippen molar-refractivity contribution in [1.29, 1.82) is 0 Å². The van der Waals surface area contributed by atoms with E-state index in [0.29, 0.717) is 12.1 Å². The number of imide groups is 1. The molecule has 172 valence electrons. The fraction of sp³-hybridized carbons (Fsp3) is 0.318. The maximum atomic E-state index is 12.8. The first kappa shape index (κ1) is 24.9. The van der Waals surface area contributed by atoms with Crippen molar-refractivity contribution < 1.29 is 31.7 Å². The third-order valence-corrected chi connectivity index (χ3v) is 5.70. The van der Waals surface area contributed by atoms with Gasteiger partial charge in [0.1, 0.15) is 10.5 Å². The Morgan fingerprint density at radius 1 is 1.03 bits per heavy atom. The molecule has 2 aromatic carbocycles. The highest BCUT2D eigenvalue weighted by atomic mass is 32.2. The van der Waals surface area contributed by atoms with Gasteiger partial charge in [-0.3, -0.25) is 10.1 Å². The molecule has 0 unspecified atom stereocenters. The van der Waals surface area contributed by atoms with Gasteiger partial charge in [-0.05, 0) is 49.6 Å². The number of urea groups is 1. The van der Waals surface area contributed by atoms with Crippen molar-refractivity contribution in [1.82, 2.24) is 10.6 Å². The number of ether oxygens (including phenoxy) is 1. The molecule has 0 aliphatic rings. The molecule has 0 radical (unpaired) electrons. The average molecular weight is 463 g/mol. The molecule has 0 saturated heterocycles. The largest absolute Gasteiger partial charge is 0.452 e.